The molecule has 4 rings (SSSR count). The van der Waals surface area contributed by atoms with Gasteiger partial charge in [0.1, 0.15) is 18.7 Å². The van der Waals surface area contributed by atoms with E-state index in [9.17, 15) is 0 Å². The molecule has 7 heteroatoms. The molecule has 128 valence electrons. The van der Waals surface area contributed by atoms with Gasteiger partial charge in [-0.3, -0.25) is 5.10 Å². The maximum atomic E-state index is 6.48. The van der Waals surface area contributed by atoms with Crippen LogP contribution in [0.2, 0.25) is 5.02 Å². The van der Waals surface area contributed by atoms with Crippen LogP contribution in [0.15, 0.2) is 29.4 Å². The number of hydrogen-bond acceptors (Lipinski definition) is 5. The Labute approximate surface area is 151 Å². The van der Waals surface area contributed by atoms with Crippen LogP contribution in [-0.2, 0) is 6.61 Å². The second-order valence-electron chi connectivity index (χ2n) is 6.56. The fourth-order valence-electron chi connectivity index (χ4n) is 3.76. The molecule has 0 unspecified atom stereocenters. The molecule has 1 aromatic carbocycles. The summed E-state index contributed by atoms with van der Waals surface area (Å²) in [4.78, 5) is 7.76. The van der Waals surface area contributed by atoms with Crippen LogP contribution in [0.1, 0.15) is 31.5 Å². The normalized spacial score (nSPS) is 26.7. The summed E-state index contributed by atoms with van der Waals surface area (Å²) in [6.45, 7) is 0.338. The Bertz CT molecular complexity index is 682. The minimum absolute atomic E-state index is 0.338. The highest BCUT2D eigenvalue weighted by molar-refractivity contribution is 8.00. The molecule has 2 bridgehead atoms. The quantitative estimate of drug-likeness (QED) is 0.875. The van der Waals surface area contributed by atoms with Gasteiger partial charge < -0.3 is 9.64 Å². The molecule has 2 aliphatic rings. The SMILES string of the molecule is CN1[C@@H]2CC[C@H]1C[C@H](Sc1ccc(OCc3nc[nH]n3)cc1Cl)C2. The zero-order valence-electron chi connectivity index (χ0n) is 13.6. The van der Waals surface area contributed by atoms with Crippen LogP contribution in [0, 0.1) is 0 Å². The third-order valence-corrected chi connectivity index (χ3v) is 6.84. The Hall–Kier alpha value is -1.24. The Kier molecular flexibility index (Phi) is 4.70. The second kappa shape index (κ2) is 6.94. The van der Waals surface area contributed by atoms with Crippen molar-refractivity contribution in [3.05, 3.63) is 35.4 Å². The van der Waals surface area contributed by atoms with Gasteiger partial charge >= 0.3 is 0 Å². The van der Waals surface area contributed by atoms with Crippen LogP contribution in [0.3, 0.4) is 0 Å². The van der Waals surface area contributed by atoms with Gasteiger partial charge in [0, 0.05) is 22.2 Å². The third kappa shape index (κ3) is 3.41. The first kappa shape index (κ1) is 16.2. The number of hydrogen-bond donors (Lipinski definition) is 1. The van der Waals surface area contributed by atoms with Gasteiger partial charge in [-0.2, -0.15) is 5.10 Å². The highest BCUT2D eigenvalue weighted by Gasteiger charge is 2.38. The number of thioether (sulfide) groups is 1. The van der Waals surface area contributed by atoms with Crippen molar-refractivity contribution in [2.75, 3.05) is 7.05 Å². The summed E-state index contributed by atoms with van der Waals surface area (Å²) >= 11 is 8.40. The van der Waals surface area contributed by atoms with E-state index >= 15 is 0 Å². The molecule has 3 atom stereocenters. The van der Waals surface area contributed by atoms with Gasteiger partial charge in [0.25, 0.3) is 0 Å². The first-order valence-electron chi connectivity index (χ1n) is 8.34. The van der Waals surface area contributed by atoms with Gasteiger partial charge in [-0.05, 0) is 50.9 Å². The van der Waals surface area contributed by atoms with Crippen LogP contribution in [-0.4, -0.2) is 44.5 Å². The van der Waals surface area contributed by atoms with Gasteiger partial charge in [-0.25, -0.2) is 4.98 Å². The van der Waals surface area contributed by atoms with E-state index in [1.54, 1.807) is 6.33 Å². The highest BCUT2D eigenvalue weighted by atomic mass is 35.5. The van der Waals surface area contributed by atoms with E-state index in [4.69, 9.17) is 16.3 Å². The van der Waals surface area contributed by atoms with Crippen molar-refractivity contribution in [2.24, 2.45) is 0 Å². The van der Waals surface area contributed by atoms with Gasteiger partial charge in [0.2, 0.25) is 0 Å². The number of piperidine rings is 1. The highest BCUT2D eigenvalue weighted by Crippen LogP contribution is 2.43. The first-order valence-corrected chi connectivity index (χ1v) is 9.60. The van der Waals surface area contributed by atoms with Gasteiger partial charge in [-0.1, -0.05) is 11.6 Å². The average Bonchev–Trinajstić information content (AvgIpc) is 3.14. The predicted molar refractivity (Wildman–Crippen MR) is 95.6 cm³/mol. The molecule has 0 radical (unpaired) electrons. The van der Waals surface area contributed by atoms with Crippen molar-refractivity contribution in [1.29, 1.82) is 0 Å². The van der Waals surface area contributed by atoms with Crippen molar-refractivity contribution in [1.82, 2.24) is 20.1 Å². The predicted octanol–water partition coefficient (Wildman–Crippen LogP) is 3.75. The van der Waals surface area contributed by atoms with Gasteiger partial charge in [0.05, 0.1) is 5.02 Å². The van der Waals surface area contributed by atoms with E-state index in [1.807, 2.05) is 23.9 Å². The number of fused-ring (bicyclic) bond motifs is 2. The molecule has 2 aliphatic heterocycles. The minimum atomic E-state index is 0.338. The summed E-state index contributed by atoms with van der Waals surface area (Å²) in [6.07, 6.45) is 6.76. The Balaban J connectivity index is 1.37. The fourth-order valence-corrected chi connectivity index (χ4v) is 5.38. The lowest BCUT2D eigenvalue weighted by molar-refractivity contribution is 0.183. The van der Waals surface area contributed by atoms with E-state index in [-0.39, 0.29) is 0 Å². The van der Waals surface area contributed by atoms with E-state index in [2.05, 4.69) is 33.2 Å². The van der Waals surface area contributed by atoms with Crippen molar-refractivity contribution in [3.8, 4) is 5.75 Å². The smallest absolute Gasteiger partial charge is 0.187 e. The third-order valence-electron chi connectivity index (χ3n) is 5.08. The molecule has 2 aromatic rings. The minimum Gasteiger partial charge on any atom is -0.485 e. The molecule has 0 saturated carbocycles. The summed E-state index contributed by atoms with van der Waals surface area (Å²) in [5.74, 6) is 1.38. The molecular formula is C17H21ClN4OS. The molecule has 1 aromatic heterocycles. The lowest BCUT2D eigenvalue weighted by atomic mass is 10.0. The number of aromatic nitrogens is 3. The molecule has 3 heterocycles. The molecule has 0 amide bonds. The summed E-state index contributed by atoms with van der Waals surface area (Å²) in [6, 6.07) is 7.44. The van der Waals surface area contributed by atoms with Crippen molar-refractivity contribution in [3.63, 3.8) is 0 Å². The average molecular weight is 365 g/mol. The van der Waals surface area contributed by atoms with E-state index < -0.39 is 0 Å². The topological polar surface area (TPSA) is 54.0 Å². The molecule has 2 fully saturated rings. The number of nitrogens with zero attached hydrogens (tertiary/aromatic N) is 3. The molecular weight excluding hydrogens is 344 g/mol. The zero-order chi connectivity index (χ0) is 16.5. The maximum absolute atomic E-state index is 6.48. The Morgan fingerprint density at radius 1 is 1.33 bits per heavy atom. The molecule has 5 nitrogen and oxygen atoms in total. The summed E-state index contributed by atoms with van der Waals surface area (Å²) in [7, 11) is 2.27. The molecule has 1 N–H and O–H groups in total. The number of halogens is 1. The van der Waals surface area contributed by atoms with Crippen molar-refractivity contribution >= 4 is 23.4 Å². The Morgan fingerprint density at radius 2 is 2.12 bits per heavy atom. The number of aromatic amines is 1. The first-order chi connectivity index (χ1) is 11.7. The molecule has 24 heavy (non-hydrogen) atoms. The van der Waals surface area contributed by atoms with E-state index in [0.29, 0.717) is 17.7 Å². The number of rotatable bonds is 5. The monoisotopic (exact) mass is 364 g/mol. The summed E-state index contributed by atoms with van der Waals surface area (Å²) < 4.78 is 5.69. The lowest BCUT2D eigenvalue weighted by Crippen LogP contribution is -2.40. The summed E-state index contributed by atoms with van der Waals surface area (Å²) in [5.41, 5.74) is 0. The van der Waals surface area contributed by atoms with Crippen molar-refractivity contribution < 1.29 is 4.74 Å². The molecule has 2 saturated heterocycles. The van der Waals surface area contributed by atoms with Crippen LogP contribution in [0.5, 0.6) is 5.75 Å². The van der Waals surface area contributed by atoms with E-state index in [0.717, 1.165) is 27.8 Å². The van der Waals surface area contributed by atoms with E-state index in [1.165, 1.54) is 25.7 Å². The Morgan fingerprint density at radius 3 is 2.79 bits per heavy atom. The van der Waals surface area contributed by atoms with Gasteiger partial charge in [0.15, 0.2) is 5.82 Å². The standard InChI is InChI=1S/C17H21ClN4OS/c1-22-11-2-3-12(22)7-14(6-11)24-16-5-4-13(8-15(16)18)23-9-17-19-10-20-21-17/h4-5,8,10-12,14H,2-3,6-7,9H2,1H3,(H,19,20,21)/t11-,12+,14-. The van der Waals surface area contributed by atoms with Crippen molar-refractivity contribution in [2.45, 2.75) is 54.5 Å². The molecule has 0 aliphatic carbocycles. The van der Waals surface area contributed by atoms with Crippen LogP contribution < -0.4 is 4.74 Å². The second-order valence-corrected chi connectivity index (χ2v) is 8.31. The van der Waals surface area contributed by atoms with Crippen LogP contribution >= 0.6 is 23.4 Å². The van der Waals surface area contributed by atoms with Crippen LogP contribution in [0.25, 0.3) is 0 Å². The fraction of sp³-hybridized carbons (Fsp3) is 0.529. The number of benzene rings is 1. The van der Waals surface area contributed by atoms with Crippen LogP contribution in [0.4, 0.5) is 0 Å². The lowest BCUT2D eigenvalue weighted by Gasteiger charge is -2.36. The number of ether oxygens (including phenoxy) is 1. The maximum Gasteiger partial charge on any atom is 0.187 e. The zero-order valence-corrected chi connectivity index (χ0v) is 15.2. The summed E-state index contributed by atoms with van der Waals surface area (Å²) in [5, 5.41) is 8.07. The number of nitrogens with one attached hydrogen (secondary N) is 1. The molecule has 0 spiro atoms. The van der Waals surface area contributed by atoms with Gasteiger partial charge in [-0.15, -0.1) is 11.8 Å². The number of H-pyrrole nitrogens is 1. The largest absolute Gasteiger partial charge is 0.485 e.